The van der Waals surface area contributed by atoms with Gasteiger partial charge in [0, 0.05) is 0 Å². The number of hydrogen-bond donors (Lipinski definition) is 0. The van der Waals surface area contributed by atoms with E-state index in [-0.39, 0.29) is 68.5 Å². The Bertz CT molecular complexity index is 177. The molecule has 0 heterocycles. The van der Waals surface area contributed by atoms with Crippen molar-refractivity contribution in [3.63, 3.8) is 0 Å². The van der Waals surface area contributed by atoms with Crippen molar-refractivity contribution in [1.82, 2.24) is 0 Å². The zero-order valence-corrected chi connectivity index (χ0v) is 10.9. The van der Waals surface area contributed by atoms with Crippen LogP contribution in [0.5, 0.6) is 0 Å². The van der Waals surface area contributed by atoms with Crippen molar-refractivity contribution in [1.29, 1.82) is 0 Å². The van der Waals surface area contributed by atoms with Gasteiger partial charge >= 0.3 is 68.5 Å². The molecule has 0 saturated carbocycles. The molecule has 0 bridgehead atoms. The largest absolute Gasteiger partial charge is 3.00 e. The molecule has 0 atom stereocenters. The van der Waals surface area contributed by atoms with Crippen LogP contribution in [0.3, 0.4) is 0 Å². The van der Waals surface area contributed by atoms with E-state index in [2.05, 4.69) is 0 Å². The molecule has 0 aromatic rings. The van der Waals surface area contributed by atoms with Gasteiger partial charge in [0.25, 0.3) is 0 Å². The number of carboxylic acids is 4. The van der Waals surface area contributed by atoms with Crippen LogP contribution in [0, 0.1) is 0 Å². The normalized spacial score (nSPS) is 6.29. The van der Waals surface area contributed by atoms with Crippen molar-refractivity contribution in [3.8, 4) is 0 Å². The number of aliphatic carboxylic acids is 4. The first-order valence-electron chi connectivity index (χ1n) is 2.13. The number of carbonyl (C=O) groups is 4. The minimum atomic E-state index is -2.19. The van der Waals surface area contributed by atoms with E-state index in [4.69, 9.17) is 39.6 Å². The third kappa shape index (κ3) is 22.7. The maximum absolute atomic E-state index is 8.93. The molecule has 14 heavy (non-hydrogen) atoms. The van der Waals surface area contributed by atoms with E-state index in [0.29, 0.717) is 0 Å². The zero-order chi connectivity index (χ0) is 10.3. The second kappa shape index (κ2) is 13.0. The average Bonchev–Trinajstić information content (AvgIpc) is 1.88. The van der Waals surface area contributed by atoms with Crippen LogP contribution in [-0.2, 0) is 36.2 Å². The molecule has 0 fully saturated rings. The molecule has 0 spiro atoms. The van der Waals surface area contributed by atoms with Crippen molar-refractivity contribution >= 4 is 23.9 Å². The molecular formula is C4KMnO8. The minimum Gasteiger partial charge on any atom is -0.543 e. The predicted molar refractivity (Wildman–Crippen MR) is 20.0 cm³/mol. The predicted octanol–water partition coefficient (Wildman–Crippen LogP) is -10.0. The molecule has 0 N–H and O–H groups in total. The average molecular weight is 270 g/mol. The van der Waals surface area contributed by atoms with Crippen LogP contribution in [0.15, 0.2) is 0 Å². The Hall–Kier alpha value is 0.0358. The molecule has 0 radical (unpaired) electrons. The van der Waals surface area contributed by atoms with Gasteiger partial charge in [-0.15, -0.1) is 0 Å². The monoisotopic (exact) mass is 270 g/mol. The summed E-state index contributed by atoms with van der Waals surface area (Å²) in [5, 5.41) is 35.7. The molecule has 0 saturated heterocycles. The molecule has 10 heteroatoms. The van der Waals surface area contributed by atoms with Crippen LogP contribution in [0.4, 0.5) is 0 Å². The third-order valence-corrected chi connectivity index (χ3v) is 0.333. The molecule has 0 rings (SSSR count). The molecule has 0 aromatic carbocycles. The van der Waals surface area contributed by atoms with Crippen molar-refractivity contribution in [2.24, 2.45) is 0 Å². The summed E-state index contributed by atoms with van der Waals surface area (Å²) >= 11 is 0. The quantitative estimate of drug-likeness (QED) is 0.309. The molecule has 0 unspecified atom stereocenters. The van der Waals surface area contributed by atoms with Gasteiger partial charge in [0.2, 0.25) is 0 Å². The molecular weight excluding hydrogens is 270 g/mol. The van der Waals surface area contributed by atoms with Gasteiger partial charge in [0.15, 0.2) is 0 Å². The van der Waals surface area contributed by atoms with Gasteiger partial charge in [0.05, 0.1) is 23.9 Å². The smallest absolute Gasteiger partial charge is 0.543 e. The Morgan fingerprint density at radius 1 is 0.571 bits per heavy atom. The molecule has 0 aliphatic heterocycles. The van der Waals surface area contributed by atoms with Crippen molar-refractivity contribution in [3.05, 3.63) is 0 Å². The summed E-state index contributed by atoms with van der Waals surface area (Å²) in [6.45, 7) is 0. The van der Waals surface area contributed by atoms with E-state index >= 15 is 0 Å². The van der Waals surface area contributed by atoms with Crippen molar-refractivity contribution in [2.45, 2.75) is 0 Å². The fourth-order valence-electron chi connectivity index (χ4n) is 0. The maximum atomic E-state index is 8.93. The van der Waals surface area contributed by atoms with Gasteiger partial charge in [-0.05, 0) is 0 Å². The van der Waals surface area contributed by atoms with E-state index in [1.54, 1.807) is 0 Å². The second-order valence-electron chi connectivity index (χ2n) is 1.15. The van der Waals surface area contributed by atoms with Gasteiger partial charge in [-0.25, -0.2) is 0 Å². The molecule has 72 valence electrons. The standard InChI is InChI=1S/2C2H2O4.K.Mn/c2*3-1(4)2(5)6;;/h2*(H,3,4)(H,5,6);;/q;;+1;+3/p-4. The Morgan fingerprint density at radius 3 is 0.643 bits per heavy atom. The first-order chi connectivity index (χ1) is 5.29. The third-order valence-electron chi connectivity index (χ3n) is 0.333. The van der Waals surface area contributed by atoms with Crippen molar-refractivity contribution < 1.29 is 108 Å². The van der Waals surface area contributed by atoms with Crippen molar-refractivity contribution in [2.75, 3.05) is 0 Å². The number of carbonyl (C=O) groups excluding carboxylic acids is 4. The molecule has 0 aromatic heterocycles. The Kier molecular flexibility index (Phi) is 22.1. The first-order valence-corrected chi connectivity index (χ1v) is 2.13. The number of carboxylic acid groups (broad SMARTS) is 4. The number of rotatable bonds is 0. The number of hydrogen-bond acceptors (Lipinski definition) is 8. The molecule has 0 amide bonds. The molecule has 0 aliphatic carbocycles. The first kappa shape index (κ1) is 23.7. The summed E-state index contributed by atoms with van der Waals surface area (Å²) in [7, 11) is 0. The maximum Gasteiger partial charge on any atom is 3.00 e. The van der Waals surface area contributed by atoms with Crippen LogP contribution < -0.4 is 71.8 Å². The zero-order valence-electron chi connectivity index (χ0n) is 6.64. The summed E-state index contributed by atoms with van der Waals surface area (Å²) < 4.78 is 0. The Balaban J connectivity index is -0.0000000625. The Labute approximate surface area is 130 Å². The van der Waals surface area contributed by atoms with Gasteiger partial charge < -0.3 is 39.6 Å². The van der Waals surface area contributed by atoms with Crippen LogP contribution in [0.25, 0.3) is 0 Å². The van der Waals surface area contributed by atoms with Gasteiger partial charge in [-0.1, -0.05) is 0 Å². The molecule has 8 nitrogen and oxygen atoms in total. The molecule has 0 aliphatic rings. The van der Waals surface area contributed by atoms with E-state index in [0.717, 1.165) is 0 Å². The van der Waals surface area contributed by atoms with E-state index in [1.807, 2.05) is 0 Å². The Morgan fingerprint density at radius 2 is 0.643 bits per heavy atom. The summed E-state index contributed by atoms with van der Waals surface area (Å²) in [6, 6.07) is 0. The van der Waals surface area contributed by atoms with E-state index in [1.165, 1.54) is 0 Å². The SMILES string of the molecule is O=C([O-])C(=O)[O-].O=C([O-])C(=O)[O-].[K+].[Mn+3]. The summed E-state index contributed by atoms with van der Waals surface area (Å²) in [4.78, 5) is 35.7. The summed E-state index contributed by atoms with van der Waals surface area (Å²) in [5.41, 5.74) is 0. The van der Waals surface area contributed by atoms with Gasteiger partial charge in [0.1, 0.15) is 0 Å². The van der Waals surface area contributed by atoms with E-state index < -0.39 is 23.9 Å². The fourth-order valence-corrected chi connectivity index (χ4v) is 0. The van der Waals surface area contributed by atoms with E-state index in [9.17, 15) is 0 Å². The van der Waals surface area contributed by atoms with Crippen LogP contribution >= 0.6 is 0 Å². The second-order valence-corrected chi connectivity index (χ2v) is 1.15. The fraction of sp³-hybridized carbons (Fsp3) is 0. The minimum absolute atomic E-state index is 0. The van der Waals surface area contributed by atoms with Crippen LogP contribution in [0.2, 0.25) is 0 Å². The van der Waals surface area contributed by atoms with Crippen LogP contribution in [0.1, 0.15) is 0 Å². The summed E-state index contributed by atoms with van der Waals surface area (Å²) in [5.74, 6) is -8.74. The van der Waals surface area contributed by atoms with Crippen LogP contribution in [-0.4, -0.2) is 23.9 Å². The van der Waals surface area contributed by atoms with Gasteiger partial charge in [-0.2, -0.15) is 0 Å². The topological polar surface area (TPSA) is 161 Å². The summed E-state index contributed by atoms with van der Waals surface area (Å²) in [6.07, 6.45) is 0. The van der Waals surface area contributed by atoms with Gasteiger partial charge in [-0.3, -0.25) is 0 Å².